The summed E-state index contributed by atoms with van der Waals surface area (Å²) in [5.41, 5.74) is 3.06. The number of rotatable bonds is 9. The van der Waals surface area contributed by atoms with Crippen molar-refractivity contribution in [1.82, 2.24) is 14.8 Å². The number of aryl methyl sites for hydroxylation is 2. The SMILES string of the molecule is C=CCn1c(CSc2ccccc2)nnc1SCC(=O)c1ccc(C)c(C)c1. The molecule has 0 fully saturated rings. The maximum absolute atomic E-state index is 12.6. The van der Waals surface area contributed by atoms with Gasteiger partial charge in [-0.05, 0) is 43.2 Å². The summed E-state index contributed by atoms with van der Waals surface area (Å²) in [5, 5.41) is 9.40. The molecular formula is C22H23N3OS2. The first-order valence-electron chi connectivity index (χ1n) is 9.02. The standard InChI is InChI=1S/C22H23N3OS2/c1-4-12-25-21(15-27-19-8-6-5-7-9-19)23-24-22(25)28-14-20(26)18-11-10-16(2)17(3)13-18/h4-11,13H,1,12,14-15H2,2-3H3. The molecular weight excluding hydrogens is 386 g/mol. The van der Waals surface area contributed by atoms with Crippen molar-refractivity contribution in [2.45, 2.75) is 36.2 Å². The average Bonchev–Trinajstić information content (AvgIpc) is 3.09. The van der Waals surface area contributed by atoms with E-state index in [2.05, 4.69) is 28.9 Å². The van der Waals surface area contributed by atoms with Crippen LogP contribution in [0.2, 0.25) is 0 Å². The molecule has 1 aromatic heterocycles. The van der Waals surface area contributed by atoms with E-state index < -0.39 is 0 Å². The van der Waals surface area contributed by atoms with Gasteiger partial charge in [-0.2, -0.15) is 0 Å². The van der Waals surface area contributed by atoms with Crippen molar-refractivity contribution < 1.29 is 4.79 Å². The van der Waals surface area contributed by atoms with E-state index in [9.17, 15) is 4.79 Å². The third-order valence-corrected chi connectivity index (χ3v) is 6.35. The second kappa shape index (κ2) is 9.75. The Morgan fingerprint density at radius 3 is 2.57 bits per heavy atom. The van der Waals surface area contributed by atoms with E-state index in [1.54, 1.807) is 11.8 Å². The van der Waals surface area contributed by atoms with E-state index in [1.807, 2.05) is 60.9 Å². The zero-order valence-corrected chi connectivity index (χ0v) is 17.7. The lowest BCUT2D eigenvalue weighted by atomic mass is 10.0. The topological polar surface area (TPSA) is 47.8 Å². The smallest absolute Gasteiger partial charge is 0.191 e. The number of allylic oxidation sites excluding steroid dienone is 1. The van der Waals surface area contributed by atoms with E-state index in [0.717, 1.165) is 27.9 Å². The van der Waals surface area contributed by atoms with E-state index in [4.69, 9.17) is 0 Å². The summed E-state index contributed by atoms with van der Waals surface area (Å²) in [5.74, 6) is 2.04. The van der Waals surface area contributed by atoms with Crippen LogP contribution in [-0.2, 0) is 12.3 Å². The number of nitrogens with zero attached hydrogens (tertiary/aromatic N) is 3. The van der Waals surface area contributed by atoms with Gasteiger partial charge in [-0.15, -0.1) is 28.5 Å². The summed E-state index contributed by atoms with van der Waals surface area (Å²) in [4.78, 5) is 13.8. The fraction of sp³-hybridized carbons (Fsp3) is 0.227. The molecule has 4 nitrogen and oxygen atoms in total. The zero-order chi connectivity index (χ0) is 19.9. The predicted octanol–water partition coefficient (Wildman–Crippen LogP) is 5.35. The van der Waals surface area contributed by atoms with E-state index in [1.165, 1.54) is 22.2 Å². The van der Waals surface area contributed by atoms with Crippen LogP contribution in [-0.4, -0.2) is 26.3 Å². The molecule has 0 unspecified atom stereocenters. The van der Waals surface area contributed by atoms with E-state index >= 15 is 0 Å². The molecule has 28 heavy (non-hydrogen) atoms. The minimum Gasteiger partial charge on any atom is -0.301 e. The van der Waals surface area contributed by atoms with Gasteiger partial charge in [-0.3, -0.25) is 4.79 Å². The van der Waals surface area contributed by atoms with Gasteiger partial charge < -0.3 is 4.57 Å². The van der Waals surface area contributed by atoms with Gasteiger partial charge in [0.2, 0.25) is 0 Å². The predicted molar refractivity (Wildman–Crippen MR) is 117 cm³/mol. The van der Waals surface area contributed by atoms with Gasteiger partial charge in [0.15, 0.2) is 10.9 Å². The summed E-state index contributed by atoms with van der Waals surface area (Å²) in [7, 11) is 0. The molecule has 2 aromatic carbocycles. The van der Waals surface area contributed by atoms with Gasteiger partial charge in [0.25, 0.3) is 0 Å². The monoisotopic (exact) mass is 409 g/mol. The number of ketones is 1. The molecule has 0 N–H and O–H groups in total. The Hall–Kier alpha value is -2.31. The van der Waals surface area contributed by atoms with Crippen molar-refractivity contribution in [3.63, 3.8) is 0 Å². The molecule has 0 radical (unpaired) electrons. The van der Waals surface area contributed by atoms with Crippen LogP contribution in [0.15, 0.2) is 71.2 Å². The minimum atomic E-state index is 0.0986. The van der Waals surface area contributed by atoms with Crippen molar-refractivity contribution in [2.24, 2.45) is 0 Å². The molecule has 0 saturated heterocycles. The molecule has 0 saturated carbocycles. The Labute approximate surface area is 174 Å². The van der Waals surface area contributed by atoms with Crippen LogP contribution in [0.4, 0.5) is 0 Å². The second-order valence-corrected chi connectivity index (χ2v) is 8.40. The normalized spacial score (nSPS) is 10.8. The van der Waals surface area contributed by atoms with Crippen molar-refractivity contribution in [3.8, 4) is 0 Å². The van der Waals surface area contributed by atoms with Gasteiger partial charge in [0, 0.05) is 17.0 Å². The van der Waals surface area contributed by atoms with Crippen molar-refractivity contribution in [2.75, 3.05) is 5.75 Å². The maximum atomic E-state index is 12.6. The van der Waals surface area contributed by atoms with Crippen LogP contribution in [0, 0.1) is 13.8 Å². The third kappa shape index (κ3) is 5.14. The maximum Gasteiger partial charge on any atom is 0.191 e. The molecule has 1 heterocycles. The molecule has 0 amide bonds. The van der Waals surface area contributed by atoms with Crippen molar-refractivity contribution in [3.05, 3.63) is 83.7 Å². The van der Waals surface area contributed by atoms with Crippen LogP contribution < -0.4 is 0 Å². The van der Waals surface area contributed by atoms with Crippen LogP contribution in [0.1, 0.15) is 27.3 Å². The van der Waals surface area contributed by atoms with E-state index in [-0.39, 0.29) is 5.78 Å². The molecule has 0 aliphatic carbocycles. The highest BCUT2D eigenvalue weighted by Gasteiger charge is 2.15. The van der Waals surface area contributed by atoms with Crippen molar-refractivity contribution >= 4 is 29.3 Å². The Bertz CT molecular complexity index is 967. The largest absolute Gasteiger partial charge is 0.301 e. The van der Waals surface area contributed by atoms with Gasteiger partial charge in [-0.25, -0.2) is 0 Å². The number of carbonyl (C=O) groups excluding carboxylic acids is 1. The summed E-state index contributed by atoms with van der Waals surface area (Å²) in [6, 6.07) is 16.1. The summed E-state index contributed by atoms with van der Waals surface area (Å²) >= 11 is 3.14. The lowest BCUT2D eigenvalue weighted by Crippen LogP contribution is -2.06. The highest BCUT2D eigenvalue weighted by atomic mass is 32.2. The molecule has 6 heteroatoms. The Morgan fingerprint density at radius 2 is 1.86 bits per heavy atom. The van der Waals surface area contributed by atoms with Crippen LogP contribution >= 0.6 is 23.5 Å². The minimum absolute atomic E-state index is 0.0986. The van der Waals surface area contributed by atoms with Crippen LogP contribution in [0.3, 0.4) is 0 Å². The quantitative estimate of drug-likeness (QED) is 0.271. The van der Waals surface area contributed by atoms with E-state index in [0.29, 0.717) is 12.3 Å². The van der Waals surface area contributed by atoms with Crippen LogP contribution in [0.25, 0.3) is 0 Å². The molecule has 0 aliphatic rings. The van der Waals surface area contributed by atoms with Crippen LogP contribution in [0.5, 0.6) is 0 Å². The summed E-state index contributed by atoms with van der Waals surface area (Å²) < 4.78 is 2.03. The number of thioether (sulfide) groups is 2. The second-order valence-electron chi connectivity index (χ2n) is 6.41. The number of carbonyl (C=O) groups is 1. The fourth-order valence-electron chi connectivity index (χ4n) is 2.64. The summed E-state index contributed by atoms with van der Waals surface area (Å²) in [6.07, 6.45) is 1.83. The fourth-order valence-corrected chi connectivity index (χ4v) is 4.36. The third-order valence-electron chi connectivity index (χ3n) is 4.38. The first-order chi connectivity index (χ1) is 13.6. The lowest BCUT2D eigenvalue weighted by Gasteiger charge is -2.08. The molecule has 0 atom stereocenters. The Balaban J connectivity index is 1.67. The first-order valence-corrected chi connectivity index (χ1v) is 11.0. The van der Waals surface area contributed by atoms with Gasteiger partial charge >= 0.3 is 0 Å². The average molecular weight is 410 g/mol. The Morgan fingerprint density at radius 1 is 1.07 bits per heavy atom. The number of hydrogen-bond donors (Lipinski definition) is 0. The number of hydrogen-bond acceptors (Lipinski definition) is 5. The van der Waals surface area contributed by atoms with Gasteiger partial charge in [0.1, 0.15) is 5.82 Å². The zero-order valence-electron chi connectivity index (χ0n) is 16.1. The first kappa shape index (κ1) is 20.4. The number of benzene rings is 2. The van der Waals surface area contributed by atoms with Gasteiger partial charge in [-0.1, -0.05) is 48.2 Å². The number of aromatic nitrogens is 3. The van der Waals surface area contributed by atoms with Gasteiger partial charge in [0.05, 0.1) is 11.5 Å². The molecule has 0 bridgehead atoms. The highest BCUT2D eigenvalue weighted by Crippen LogP contribution is 2.25. The van der Waals surface area contributed by atoms with Crippen molar-refractivity contribution in [1.29, 1.82) is 0 Å². The molecule has 3 aromatic rings. The summed E-state index contributed by atoms with van der Waals surface area (Å²) in [6.45, 7) is 8.53. The lowest BCUT2D eigenvalue weighted by molar-refractivity contribution is 0.102. The number of Topliss-reactive ketones (excluding diaryl/α,β-unsaturated/α-hetero) is 1. The molecule has 0 aliphatic heterocycles. The molecule has 3 rings (SSSR count). The molecule has 144 valence electrons. The highest BCUT2D eigenvalue weighted by molar-refractivity contribution is 7.99. The molecule has 0 spiro atoms. The Kier molecular flexibility index (Phi) is 7.12.